The number of nitrogens with one attached hydrogen (secondary N) is 1. The van der Waals surface area contributed by atoms with Crippen LogP contribution in [0.25, 0.3) is 0 Å². The predicted molar refractivity (Wildman–Crippen MR) is 93.4 cm³/mol. The maximum atomic E-state index is 12.7. The van der Waals surface area contributed by atoms with Gasteiger partial charge in [-0.25, -0.2) is 0 Å². The van der Waals surface area contributed by atoms with Gasteiger partial charge in [-0.05, 0) is 70.6 Å². The van der Waals surface area contributed by atoms with Gasteiger partial charge in [0.1, 0.15) is 0 Å². The molecule has 132 valence electrons. The lowest BCUT2D eigenvalue weighted by molar-refractivity contribution is -0.149. The van der Waals surface area contributed by atoms with Crippen LogP contribution in [0.4, 0.5) is 0 Å². The van der Waals surface area contributed by atoms with E-state index in [2.05, 4.69) is 25.2 Å². The Morgan fingerprint density at radius 1 is 1.17 bits per heavy atom. The lowest BCUT2D eigenvalue weighted by Gasteiger charge is -2.26. The van der Waals surface area contributed by atoms with E-state index in [1.165, 1.54) is 29.6 Å². The molecule has 4 heteroatoms. The van der Waals surface area contributed by atoms with Crippen molar-refractivity contribution in [3.8, 4) is 0 Å². The van der Waals surface area contributed by atoms with Gasteiger partial charge >= 0.3 is 5.97 Å². The predicted octanol–water partition coefficient (Wildman–Crippen LogP) is 3.69. The summed E-state index contributed by atoms with van der Waals surface area (Å²) in [4.78, 5) is 24.5. The number of rotatable bonds is 5. The summed E-state index contributed by atoms with van der Waals surface area (Å²) < 4.78 is 0. The average molecular weight is 331 g/mol. The van der Waals surface area contributed by atoms with Gasteiger partial charge in [0.25, 0.3) is 0 Å². The highest BCUT2D eigenvalue weighted by Crippen LogP contribution is 2.57. The molecule has 2 bridgehead atoms. The van der Waals surface area contributed by atoms with Gasteiger partial charge in [-0.1, -0.05) is 22.8 Å². The summed E-state index contributed by atoms with van der Waals surface area (Å²) in [5.41, 5.74) is 3.89. The summed E-state index contributed by atoms with van der Waals surface area (Å²) in [6.45, 7) is 4.74. The minimum Gasteiger partial charge on any atom is -0.481 e. The van der Waals surface area contributed by atoms with E-state index in [-0.39, 0.29) is 23.7 Å². The number of hydrogen-bond acceptors (Lipinski definition) is 2. The van der Waals surface area contributed by atoms with Crippen molar-refractivity contribution in [3.05, 3.63) is 22.8 Å². The van der Waals surface area contributed by atoms with Crippen molar-refractivity contribution < 1.29 is 14.7 Å². The van der Waals surface area contributed by atoms with Gasteiger partial charge in [0.2, 0.25) is 5.91 Å². The molecule has 0 radical (unpaired) electrons. The van der Waals surface area contributed by atoms with E-state index in [0.29, 0.717) is 6.54 Å². The number of fused-ring (bicyclic) bond motifs is 2. The highest BCUT2D eigenvalue weighted by atomic mass is 16.4. The number of amides is 1. The molecule has 3 rings (SSSR count). The Kier molecular flexibility index (Phi) is 5.12. The molecule has 3 aliphatic carbocycles. The number of aliphatic carboxylic acids is 1. The van der Waals surface area contributed by atoms with E-state index in [9.17, 15) is 14.7 Å². The minimum atomic E-state index is -0.809. The molecule has 0 aliphatic heterocycles. The highest BCUT2D eigenvalue weighted by Gasteiger charge is 2.57. The molecule has 0 unspecified atom stereocenters. The first-order valence-electron chi connectivity index (χ1n) is 9.36. The Hall–Kier alpha value is -1.58. The zero-order chi connectivity index (χ0) is 17.3. The molecule has 0 spiro atoms. The first-order chi connectivity index (χ1) is 11.5. The van der Waals surface area contributed by atoms with E-state index < -0.39 is 11.9 Å². The van der Waals surface area contributed by atoms with Gasteiger partial charge in [-0.2, -0.15) is 0 Å². The Bertz CT molecular complexity index is 586. The maximum Gasteiger partial charge on any atom is 0.307 e. The molecular formula is C20H29NO3. The van der Waals surface area contributed by atoms with Crippen LogP contribution in [0.3, 0.4) is 0 Å². The normalized spacial score (nSPS) is 31.8. The monoisotopic (exact) mass is 331 g/mol. The largest absolute Gasteiger partial charge is 0.481 e. The Balaban J connectivity index is 1.66. The van der Waals surface area contributed by atoms with Gasteiger partial charge in [-0.15, -0.1) is 0 Å². The van der Waals surface area contributed by atoms with Crippen molar-refractivity contribution >= 4 is 11.9 Å². The SMILES string of the molecule is CC(C)=C1[C@H]2CC[C@@H]1[C@@H](C(=O)NCCC1=CCCCC1)[C@H]2C(=O)O. The molecule has 4 atom stereocenters. The van der Waals surface area contributed by atoms with Crippen molar-refractivity contribution in [2.45, 2.75) is 58.8 Å². The second kappa shape index (κ2) is 7.12. The highest BCUT2D eigenvalue weighted by molar-refractivity contribution is 5.87. The van der Waals surface area contributed by atoms with Crippen LogP contribution in [0.2, 0.25) is 0 Å². The molecule has 0 aromatic heterocycles. The summed E-state index contributed by atoms with van der Waals surface area (Å²) >= 11 is 0. The van der Waals surface area contributed by atoms with Crippen molar-refractivity contribution in [1.29, 1.82) is 0 Å². The number of carboxylic acid groups (broad SMARTS) is 1. The standard InChI is InChI=1S/C20H29NO3/c1-12(2)16-14-8-9-15(16)18(20(23)24)17(14)19(22)21-11-10-13-6-4-3-5-7-13/h6,14-15,17-18H,3-5,7-11H2,1-2H3,(H,21,22)(H,23,24)/t14-,15+,17+,18-/m0/s1. The van der Waals surface area contributed by atoms with Crippen molar-refractivity contribution in [3.63, 3.8) is 0 Å². The van der Waals surface area contributed by atoms with Crippen LogP contribution in [-0.2, 0) is 9.59 Å². The Morgan fingerprint density at radius 2 is 1.88 bits per heavy atom. The van der Waals surface area contributed by atoms with Crippen LogP contribution in [0, 0.1) is 23.7 Å². The fourth-order valence-electron chi connectivity index (χ4n) is 5.20. The average Bonchev–Trinajstić information content (AvgIpc) is 3.11. The number of carbonyl (C=O) groups is 2. The van der Waals surface area contributed by atoms with Crippen LogP contribution in [0.5, 0.6) is 0 Å². The number of allylic oxidation sites excluding steroid dienone is 3. The lowest BCUT2D eigenvalue weighted by atomic mass is 9.78. The third kappa shape index (κ3) is 3.15. The van der Waals surface area contributed by atoms with Gasteiger partial charge < -0.3 is 10.4 Å². The first kappa shape index (κ1) is 17.2. The second-order valence-corrected chi connectivity index (χ2v) is 7.78. The van der Waals surface area contributed by atoms with Gasteiger partial charge in [-0.3, -0.25) is 9.59 Å². The maximum absolute atomic E-state index is 12.7. The Labute approximate surface area is 144 Å². The van der Waals surface area contributed by atoms with E-state index in [1.807, 2.05) is 0 Å². The third-order valence-corrected chi connectivity index (χ3v) is 6.14. The molecule has 2 N–H and O–H groups in total. The molecule has 0 saturated heterocycles. The van der Waals surface area contributed by atoms with E-state index >= 15 is 0 Å². The molecule has 4 nitrogen and oxygen atoms in total. The van der Waals surface area contributed by atoms with Crippen molar-refractivity contribution in [1.82, 2.24) is 5.32 Å². The Morgan fingerprint density at radius 3 is 2.46 bits per heavy atom. The third-order valence-electron chi connectivity index (χ3n) is 6.14. The quantitative estimate of drug-likeness (QED) is 0.755. The van der Waals surface area contributed by atoms with Gasteiger partial charge in [0, 0.05) is 6.54 Å². The van der Waals surface area contributed by atoms with Gasteiger partial charge in [0.05, 0.1) is 11.8 Å². The smallest absolute Gasteiger partial charge is 0.307 e. The van der Waals surface area contributed by atoms with Crippen molar-refractivity contribution in [2.75, 3.05) is 6.54 Å². The summed E-state index contributed by atoms with van der Waals surface area (Å²) in [6, 6.07) is 0. The topological polar surface area (TPSA) is 66.4 Å². The van der Waals surface area contributed by atoms with Crippen LogP contribution >= 0.6 is 0 Å². The second-order valence-electron chi connectivity index (χ2n) is 7.78. The van der Waals surface area contributed by atoms with E-state index in [0.717, 1.165) is 32.1 Å². The van der Waals surface area contributed by atoms with Crippen LogP contribution in [0.15, 0.2) is 22.8 Å². The van der Waals surface area contributed by atoms with Gasteiger partial charge in [0.15, 0.2) is 0 Å². The summed E-state index contributed by atoms with van der Waals surface area (Å²) in [6.07, 6.45) is 9.89. The summed E-state index contributed by atoms with van der Waals surface area (Å²) in [5.74, 6) is -1.58. The molecule has 2 saturated carbocycles. The molecule has 3 aliphatic rings. The van der Waals surface area contributed by atoms with E-state index in [4.69, 9.17) is 0 Å². The first-order valence-corrected chi connectivity index (χ1v) is 9.36. The van der Waals surface area contributed by atoms with Crippen LogP contribution in [-0.4, -0.2) is 23.5 Å². The minimum absolute atomic E-state index is 0.0511. The molecular weight excluding hydrogens is 302 g/mol. The molecule has 0 aromatic carbocycles. The number of carboxylic acids is 1. The fraction of sp³-hybridized carbons (Fsp3) is 0.700. The zero-order valence-corrected chi connectivity index (χ0v) is 14.8. The van der Waals surface area contributed by atoms with E-state index in [1.54, 1.807) is 0 Å². The molecule has 1 amide bonds. The molecule has 2 fully saturated rings. The molecule has 0 aromatic rings. The lowest BCUT2D eigenvalue weighted by Crippen LogP contribution is -2.41. The van der Waals surface area contributed by atoms with Crippen molar-refractivity contribution in [2.24, 2.45) is 23.7 Å². The fourth-order valence-corrected chi connectivity index (χ4v) is 5.20. The van der Waals surface area contributed by atoms with Crippen LogP contribution in [0.1, 0.15) is 58.8 Å². The van der Waals surface area contributed by atoms with Crippen LogP contribution < -0.4 is 5.32 Å². The molecule has 0 heterocycles. The molecule has 24 heavy (non-hydrogen) atoms. The summed E-state index contributed by atoms with van der Waals surface area (Å²) in [5, 5.41) is 12.7. The summed E-state index contributed by atoms with van der Waals surface area (Å²) in [7, 11) is 0. The number of carbonyl (C=O) groups excluding carboxylic acids is 1. The number of hydrogen-bond donors (Lipinski definition) is 2. The zero-order valence-electron chi connectivity index (χ0n) is 14.8.